The largest absolute Gasteiger partial charge is 0.398 e. The summed E-state index contributed by atoms with van der Waals surface area (Å²) in [6.07, 6.45) is 0.388. The van der Waals surface area contributed by atoms with Gasteiger partial charge in [-0.05, 0) is 36.4 Å². The molecule has 0 saturated heterocycles. The van der Waals surface area contributed by atoms with Gasteiger partial charge in [-0.2, -0.15) is 0 Å². The SMILES string of the molecule is Nc1cc(Cl)ccc1SCCC(=O)Nc1cccc(Cl)c1. The Labute approximate surface area is 137 Å². The highest BCUT2D eigenvalue weighted by Gasteiger charge is 2.05. The van der Waals surface area contributed by atoms with Crippen molar-refractivity contribution < 1.29 is 4.79 Å². The lowest BCUT2D eigenvalue weighted by Gasteiger charge is -2.07. The van der Waals surface area contributed by atoms with Crippen molar-refractivity contribution in [2.24, 2.45) is 0 Å². The highest BCUT2D eigenvalue weighted by molar-refractivity contribution is 7.99. The third kappa shape index (κ3) is 5.16. The molecule has 3 nitrogen and oxygen atoms in total. The Bertz CT molecular complexity index is 649. The normalized spacial score (nSPS) is 10.4. The minimum atomic E-state index is -0.0581. The van der Waals surface area contributed by atoms with Crippen LogP contribution in [0.4, 0.5) is 11.4 Å². The summed E-state index contributed by atoms with van der Waals surface area (Å²) in [5.41, 5.74) is 7.18. The van der Waals surface area contributed by atoms with Gasteiger partial charge >= 0.3 is 0 Å². The van der Waals surface area contributed by atoms with Gasteiger partial charge in [0.05, 0.1) is 0 Å². The fraction of sp³-hybridized carbons (Fsp3) is 0.133. The standard InChI is InChI=1S/C15H14Cl2N2OS/c16-10-2-1-3-12(8-10)19-15(20)6-7-21-14-5-4-11(17)9-13(14)18/h1-5,8-9H,6-7,18H2,(H,19,20). The van der Waals surface area contributed by atoms with Crippen LogP contribution in [-0.4, -0.2) is 11.7 Å². The first-order valence-electron chi connectivity index (χ1n) is 6.28. The number of nitrogens with one attached hydrogen (secondary N) is 1. The van der Waals surface area contributed by atoms with Crippen LogP contribution >= 0.6 is 35.0 Å². The minimum absolute atomic E-state index is 0.0581. The van der Waals surface area contributed by atoms with E-state index in [0.29, 0.717) is 33.6 Å². The van der Waals surface area contributed by atoms with Crippen LogP contribution in [0.1, 0.15) is 6.42 Å². The van der Waals surface area contributed by atoms with Crippen molar-refractivity contribution in [1.29, 1.82) is 0 Å². The number of nitrogen functional groups attached to an aromatic ring is 1. The maximum Gasteiger partial charge on any atom is 0.225 e. The summed E-state index contributed by atoms with van der Waals surface area (Å²) in [6.45, 7) is 0. The summed E-state index contributed by atoms with van der Waals surface area (Å²) in [7, 11) is 0. The van der Waals surface area contributed by atoms with Gasteiger partial charge in [0.15, 0.2) is 0 Å². The number of hydrogen-bond donors (Lipinski definition) is 2. The molecule has 110 valence electrons. The third-order valence-corrected chi connectivity index (χ3v) is 4.23. The summed E-state index contributed by atoms with van der Waals surface area (Å²) in [4.78, 5) is 12.8. The van der Waals surface area contributed by atoms with Crippen LogP contribution in [0, 0.1) is 0 Å². The predicted octanol–water partition coefficient (Wildman–Crippen LogP) is 4.70. The Hall–Kier alpha value is -1.36. The first-order valence-corrected chi connectivity index (χ1v) is 8.02. The van der Waals surface area contributed by atoms with Crippen LogP contribution in [0.15, 0.2) is 47.4 Å². The molecule has 0 bridgehead atoms. The van der Waals surface area contributed by atoms with Gasteiger partial charge in [0.2, 0.25) is 5.91 Å². The monoisotopic (exact) mass is 340 g/mol. The van der Waals surface area contributed by atoms with Crippen molar-refractivity contribution in [3.8, 4) is 0 Å². The molecule has 6 heteroatoms. The molecular weight excluding hydrogens is 327 g/mol. The van der Waals surface area contributed by atoms with Crippen LogP contribution in [0.3, 0.4) is 0 Å². The lowest BCUT2D eigenvalue weighted by Crippen LogP contribution is -2.12. The lowest BCUT2D eigenvalue weighted by atomic mass is 10.3. The van der Waals surface area contributed by atoms with Crippen LogP contribution in [0.25, 0.3) is 0 Å². The third-order valence-electron chi connectivity index (χ3n) is 2.67. The molecule has 3 N–H and O–H groups in total. The van der Waals surface area contributed by atoms with Crippen molar-refractivity contribution in [2.75, 3.05) is 16.8 Å². The molecule has 0 aliphatic carbocycles. The number of anilines is 2. The van der Waals surface area contributed by atoms with Gasteiger partial charge in [0.25, 0.3) is 0 Å². The van der Waals surface area contributed by atoms with Gasteiger partial charge in [-0.15, -0.1) is 11.8 Å². The quantitative estimate of drug-likeness (QED) is 0.612. The predicted molar refractivity (Wildman–Crippen MR) is 91.3 cm³/mol. The molecule has 0 spiro atoms. The van der Waals surface area contributed by atoms with E-state index in [4.69, 9.17) is 28.9 Å². The van der Waals surface area contributed by atoms with Crippen molar-refractivity contribution in [1.82, 2.24) is 0 Å². The molecule has 0 saturated carbocycles. The zero-order valence-corrected chi connectivity index (χ0v) is 13.4. The molecule has 0 aromatic heterocycles. The van der Waals surface area contributed by atoms with E-state index < -0.39 is 0 Å². The molecule has 0 heterocycles. The van der Waals surface area contributed by atoms with Crippen molar-refractivity contribution in [3.05, 3.63) is 52.5 Å². The number of halogens is 2. The molecular formula is C15H14Cl2N2OS. The second kappa shape index (κ2) is 7.59. The van der Waals surface area contributed by atoms with Gasteiger partial charge < -0.3 is 11.1 Å². The minimum Gasteiger partial charge on any atom is -0.398 e. The lowest BCUT2D eigenvalue weighted by molar-refractivity contribution is -0.115. The molecule has 2 rings (SSSR count). The van der Waals surface area contributed by atoms with E-state index in [1.807, 2.05) is 6.07 Å². The number of amides is 1. The zero-order valence-electron chi connectivity index (χ0n) is 11.1. The van der Waals surface area contributed by atoms with Gasteiger partial charge in [0, 0.05) is 38.5 Å². The number of hydrogen-bond acceptors (Lipinski definition) is 3. The maximum absolute atomic E-state index is 11.8. The number of carbonyl (C=O) groups is 1. The van der Waals surface area contributed by atoms with E-state index >= 15 is 0 Å². The van der Waals surface area contributed by atoms with Gasteiger partial charge in [0.1, 0.15) is 0 Å². The topological polar surface area (TPSA) is 55.1 Å². The first kappa shape index (κ1) is 16.0. The van der Waals surface area contributed by atoms with Crippen LogP contribution in [0.2, 0.25) is 10.0 Å². The van der Waals surface area contributed by atoms with Crippen LogP contribution in [-0.2, 0) is 4.79 Å². The average Bonchev–Trinajstić information content (AvgIpc) is 2.41. The molecule has 21 heavy (non-hydrogen) atoms. The van der Waals surface area contributed by atoms with Crippen LogP contribution < -0.4 is 11.1 Å². The number of thioether (sulfide) groups is 1. The molecule has 0 aliphatic heterocycles. The first-order chi connectivity index (χ1) is 10.0. The average molecular weight is 341 g/mol. The van der Waals surface area contributed by atoms with E-state index in [1.165, 1.54) is 11.8 Å². The molecule has 2 aromatic rings. The summed E-state index contributed by atoms with van der Waals surface area (Å²) in [5.74, 6) is 0.579. The molecule has 1 amide bonds. The number of carbonyl (C=O) groups excluding carboxylic acids is 1. The van der Waals surface area contributed by atoms with Crippen molar-refractivity contribution in [3.63, 3.8) is 0 Å². The molecule has 0 fully saturated rings. The van der Waals surface area contributed by atoms with E-state index in [-0.39, 0.29) is 5.91 Å². The Balaban J connectivity index is 1.81. The number of nitrogens with two attached hydrogens (primary N) is 1. The van der Waals surface area contributed by atoms with E-state index in [2.05, 4.69) is 5.32 Å². The summed E-state index contributed by atoms with van der Waals surface area (Å²) in [6, 6.07) is 12.4. The Morgan fingerprint density at radius 2 is 1.90 bits per heavy atom. The summed E-state index contributed by atoms with van der Waals surface area (Å²) >= 11 is 13.2. The van der Waals surface area contributed by atoms with Crippen molar-refractivity contribution in [2.45, 2.75) is 11.3 Å². The highest BCUT2D eigenvalue weighted by Crippen LogP contribution is 2.28. The van der Waals surface area contributed by atoms with E-state index in [0.717, 1.165) is 4.90 Å². The number of benzene rings is 2. The maximum atomic E-state index is 11.8. The second-order valence-corrected chi connectivity index (χ2v) is 6.35. The summed E-state index contributed by atoms with van der Waals surface area (Å²) < 4.78 is 0. The smallest absolute Gasteiger partial charge is 0.225 e. The molecule has 0 radical (unpaired) electrons. The Morgan fingerprint density at radius 1 is 1.14 bits per heavy atom. The molecule has 2 aromatic carbocycles. The van der Waals surface area contributed by atoms with Gasteiger partial charge in [-0.1, -0.05) is 29.3 Å². The fourth-order valence-electron chi connectivity index (χ4n) is 1.69. The molecule has 0 aliphatic rings. The molecule has 0 atom stereocenters. The fourth-order valence-corrected chi connectivity index (χ4v) is 2.96. The van der Waals surface area contributed by atoms with Crippen LogP contribution in [0.5, 0.6) is 0 Å². The van der Waals surface area contributed by atoms with Crippen molar-refractivity contribution >= 4 is 52.2 Å². The Kier molecular flexibility index (Phi) is 5.79. The second-order valence-electron chi connectivity index (χ2n) is 4.34. The highest BCUT2D eigenvalue weighted by atomic mass is 35.5. The Morgan fingerprint density at radius 3 is 2.62 bits per heavy atom. The van der Waals surface area contributed by atoms with Gasteiger partial charge in [-0.25, -0.2) is 0 Å². The zero-order chi connectivity index (χ0) is 15.2. The van der Waals surface area contributed by atoms with Gasteiger partial charge in [-0.3, -0.25) is 4.79 Å². The number of rotatable bonds is 5. The van der Waals surface area contributed by atoms with E-state index in [1.54, 1.807) is 36.4 Å². The molecule has 0 unspecified atom stereocenters. The summed E-state index contributed by atoms with van der Waals surface area (Å²) in [5, 5.41) is 4.00. The van der Waals surface area contributed by atoms with E-state index in [9.17, 15) is 4.79 Å².